The first-order valence-electron chi connectivity index (χ1n) is 8.41. The first-order valence-corrected chi connectivity index (χ1v) is 14.1. The molecular formula is C14H36N2O6Si3. The van der Waals surface area contributed by atoms with Crippen LogP contribution in [0.25, 0.3) is 0 Å². The number of nitrogens with one attached hydrogen (secondary N) is 2. The SMILES string of the molecule is C=C[SiH](NCCC[Si](OC)(OC)OC)NCCC[Si](OC)(OC)OC. The molecule has 0 bridgehead atoms. The second-order valence-electron chi connectivity index (χ2n) is 5.42. The lowest BCUT2D eigenvalue weighted by atomic mass is 10.5. The van der Waals surface area contributed by atoms with Crippen LogP contribution in [0.4, 0.5) is 0 Å². The van der Waals surface area contributed by atoms with Crippen molar-refractivity contribution < 1.29 is 26.6 Å². The monoisotopic (exact) mass is 412 g/mol. The summed E-state index contributed by atoms with van der Waals surface area (Å²) in [6.45, 7) is 5.66. The minimum absolute atomic E-state index is 0.783. The largest absolute Gasteiger partial charge is 0.500 e. The van der Waals surface area contributed by atoms with Crippen molar-refractivity contribution in [3.05, 3.63) is 12.3 Å². The predicted molar refractivity (Wildman–Crippen MR) is 106 cm³/mol. The van der Waals surface area contributed by atoms with Gasteiger partial charge in [-0.15, -0.1) is 6.58 Å². The van der Waals surface area contributed by atoms with Crippen LogP contribution in [-0.4, -0.2) is 82.5 Å². The van der Waals surface area contributed by atoms with Crippen LogP contribution in [-0.2, 0) is 26.6 Å². The Kier molecular flexibility index (Phi) is 14.2. The van der Waals surface area contributed by atoms with Crippen molar-refractivity contribution in [2.75, 3.05) is 55.7 Å². The van der Waals surface area contributed by atoms with E-state index in [1.807, 2.05) is 5.70 Å². The first kappa shape index (κ1) is 25.1. The fourth-order valence-corrected chi connectivity index (χ4v) is 7.43. The summed E-state index contributed by atoms with van der Waals surface area (Å²) in [5.74, 6) is 0. The Morgan fingerprint density at radius 3 is 1.28 bits per heavy atom. The predicted octanol–water partition coefficient (Wildman–Crippen LogP) is 0.648. The molecule has 0 aliphatic rings. The van der Waals surface area contributed by atoms with Gasteiger partial charge in [0.05, 0.1) is 0 Å². The van der Waals surface area contributed by atoms with Crippen LogP contribution in [0.3, 0.4) is 0 Å². The number of rotatable bonds is 17. The molecule has 0 fully saturated rings. The van der Waals surface area contributed by atoms with E-state index in [-0.39, 0.29) is 0 Å². The van der Waals surface area contributed by atoms with Crippen LogP contribution in [0.1, 0.15) is 12.8 Å². The molecule has 25 heavy (non-hydrogen) atoms. The Labute approximate surface area is 156 Å². The van der Waals surface area contributed by atoms with Gasteiger partial charge in [0.1, 0.15) is 0 Å². The summed E-state index contributed by atoms with van der Waals surface area (Å²) in [5.41, 5.74) is 1.99. The summed E-state index contributed by atoms with van der Waals surface area (Å²) >= 11 is 0. The van der Waals surface area contributed by atoms with Crippen molar-refractivity contribution in [1.29, 1.82) is 0 Å². The molecule has 0 aliphatic heterocycles. The lowest BCUT2D eigenvalue weighted by molar-refractivity contribution is 0.122. The van der Waals surface area contributed by atoms with Crippen molar-refractivity contribution in [2.45, 2.75) is 24.9 Å². The molecule has 0 rings (SSSR count). The Bertz CT molecular complexity index is 302. The molecule has 0 aromatic heterocycles. The highest BCUT2D eigenvalue weighted by atomic mass is 28.4. The molecule has 8 nitrogen and oxygen atoms in total. The minimum atomic E-state index is -2.47. The van der Waals surface area contributed by atoms with Crippen molar-refractivity contribution >= 4 is 26.7 Å². The van der Waals surface area contributed by atoms with Crippen molar-refractivity contribution in [2.24, 2.45) is 0 Å². The first-order chi connectivity index (χ1) is 12.0. The maximum atomic E-state index is 5.42. The second kappa shape index (κ2) is 14.2. The van der Waals surface area contributed by atoms with Gasteiger partial charge in [0.15, 0.2) is 0 Å². The molecule has 0 aromatic rings. The zero-order valence-electron chi connectivity index (χ0n) is 16.6. The molecular weight excluding hydrogens is 376 g/mol. The quantitative estimate of drug-likeness (QED) is 0.266. The van der Waals surface area contributed by atoms with Crippen LogP contribution in [0, 0.1) is 0 Å². The highest BCUT2D eigenvalue weighted by Crippen LogP contribution is 2.15. The minimum Gasteiger partial charge on any atom is -0.377 e. The Morgan fingerprint density at radius 2 is 1.04 bits per heavy atom. The van der Waals surface area contributed by atoms with E-state index in [1.165, 1.54) is 0 Å². The molecule has 0 saturated heterocycles. The van der Waals surface area contributed by atoms with Crippen LogP contribution in [0.2, 0.25) is 12.1 Å². The Morgan fingerprint density at radius 1 is 0.720 bits per heavy atom. The molecule has 11 heteroatoms. The normalized spacial score (nSPS) is 12.8. The lowest BCUT2D eigenvalue weighted by Gasteiger charge is -2.25. The average molecular weight is 413 g/mol. The second-order valence-corrected chi connectivity index (χ2v) is 13.8. The van der Waals surface area contributed by atoms with Crippen LogP contribution < -0.4 is 9.96 Å². The smallest absolute Gasteiger partial charge is 0.377 e. The summed E-state index contributed by atoms with van der Waals surface area (Å²) in [6.07, 6.45) is 1.85. The number of hydrogen-bond acceptors (Lipinski definition) is 8. The Hall–Kier alpha value is 0.0706. The summed E-state index contributed by atoms with van der Waals surface area (Å²) in [5, 5.41) is 0. The van der Waals surface area contributed by atoms with Gasteiger partial charge < -0.3 is 36.5 Å². The van der Waals surface area contributed by atoms with E-state index in [0.29, 0.717) is 0 Å². The van der Waals surface area contributed by atoms with Gasteiger partial charge in [-0.2, -0.15) is 0 Å². The summed E-state index contributed by atoms with van der Waals surface area (Å²) in [6, 6.07) is 1.57. The average Bonchev–Trinajstić information content (AvgIpc) is 2.67. The van der Waals surface area contributed by atoms with Gasteiger partial charge in [-0.3, -0.25) is 0 Å². The summed E-state index contributed by atoms with van der Waals surface area (Å²) in [7, 11) is 3.49. The molecule has 0 aromatic carbocycles. The number of hydrogen-bond donors (Lipinski definition) is 2. The van der Waals surface area contributed by atoms with E-state index in [2.05, 4.69) is 16.5 Å². The van der Waals surface area contributed by atoms with Crippen molar-refractivity contribution in [3.63, 3.8) is 0 Å². The summed E-state index contributed by atoms with van der Waals surface area (Å²) < 4.78 is 32.5. The van der Waals surface area contributed by atoms with Gasteiger partial charge in [-0.1, -0.05) is 5.70 Å². The van der Waals surface area contributed by atoms with Gasteiger partial charge in [0, 0.05) is 54.7 Å². The van der Waals surface area contributed by atoms with E-state index in [0.717, 1.165) is 38.0 Å². The third kappa shape index (κ3) is 9.01. The lowest BCUT2D eigenvalue weighted by Crippen LogP contribution is -2.48. The maximum absolute atomic E-state index is 5.42. The highest BCUT2D eigenvalue weighted by molar-refractivity contribution is 6.61. The molecule has 0 unspecified atom stereocenters. The zero-order chi connectivity index (χ0) is 19.2. The molecule has 0 spiro atoms. The van der Waals surface area contributed by atoms with Crippen LogP contribution in [0.15, 0.2) is 12.3 Å². The molecule has 0 aliphatic carbocycles. The third-order valence-corrected chi connectivity index (χ3v) is 11.7. The highest BCUT2D eigenvalue weighted by Gasteiger charge is 2.37. The fourth-order valence-electron chi connectivity index (χ4n) is 2.48. The van der Waals surface area contributed by atoms with Crippen molar-refractivity contribution in [3.8, 4) is 0 Å². The van der Waals surface area contributed by atoms with Gasteiger partial charge in [0.25, 0.3) is 0 Å². The van der Waals surface area contributed by atoms with E-state index in [4.69, 9.17) is 26.6 Å². The Balaban J connectivity index is 4.06. The molecule has 0 heterocycles. The molecule has 2 N–H and O–H groups in total. The molecule has 0 radical (unpaired) electrons. The van der Waals surface area contributed by atoms with Gasteiger partial charge in [-0.25, -0.2) is 0 Å². The third-order valence-electron chi connectivity index (χ3n) is 4.15. The van der Waals surface area contributed by atoms with E-state index in [1.54, 1.807) is 42.7 Å². The molecule has 0 amide bonds. The zero-order valence-corrected chi connectivity index (χ0v) is 19.7. The topological polar surface area (TPSA) is 79.4 Å². The molecule has 0 saturated carbocycles. The standard InChI is InChI=1S/C14H36N2O6Si3/c1-8-23(15-11-9-13-24(17-2,18-3)19-4)16-12-10-14-25(20-5,21-6)22-7/h8,15-16,23H,1,9-14H2,2-7H3. The van der Waals surface area contributed by atoms with Gasteiger partial charge in [0.2, 0.25) is 9.12 Å². The maximum Gasteiger partial charge on any atom is 0.500 e. The van der Waals surface area contributed by atoms with Crippen LogP contribution in [0.5, 0.6) is 0 Å². The van der Waals surface area contributed by atoms with Crippen molar-refractivity contribution in [1.82, 2.24) is 9.96 Å². The fraction of sp³-hybridized carbons (Fsp3) is 0.857. The van der Waals surface area contributed by atoms with E-state index < -0.39 is 26.7 Å². The molecule has 150 valence electrons. The van der Waals surface area contributed by atoms with Gasteiger partial charge >= 0.3 is 17.6 Å². The van der Waals surface area contributed by atoms with Gasteiger partial charge in [-0.05, 0) is 25.9 Å². The molecule has 0 atom stereocenters. The van der Waals surface area contributed by atoms with E-state index >= 15 is 0 Å². The van der Waals surface area contributed by atoms with E-state index in [9.17, 15) is 0 Å². The van der Waals surface area contributed by atoms with Crippen LogP contribution >= 0.6 is 0 Å². The summed E-state index contributed by atoms with van der Waals surface area (Å²) in [4.78, 5) is 7.07.